The van der Waals surface area contributed by atoms with E-state index in [0.29, 0.717) is 17.9 Å². The summed E-state index contributed by atoms with van der Waals surface area (Å²) >= 11 is 4.52. The molecule has 2 aromatic rings. The van der Waals surface area contributed by atoms with Crippen LogP contribution in [0.25, 0.3) is 0 Å². The first-order valence-electron chi connectivity index (χ1n) is 6.39. The summed E-state index contributed by atoms with van der Waals surface area (Å²) in [6, 6.07) is 3.65. The fourth-order valence-corrected chi connectivity index (χ4v) is 3.29. The number of nitrogens with one attached hydrogen (secondary N) is 1. The van der Waals surface area contributed by atoms with Gasteiger partial charge in [-0.2, -0.15) is 0 Å². The molecule has 1 aromatic carbocycles. The zero-order valence-electron chi connectivity index (χ0n) is 11.8. The highest BCUT2D eigenvalue weighted by atomic mass is 79.9. The van der Waals surface area contributed by atoms with Crippen LogP contribution in [0.4, 0.5) is 11.4 Å². The number of aryl methyl sites for hydroxylation is 2. The molecule has 0 aliphatic heterocycles. The van der Waals surface area contributed by atoms with E-state index >= 15 is 0 Å². The van der Waals surface area contributed by atoms with E-state index in [0.717, 1.165) is 27.1 Å². The van der Waals surface area contributed by atoms with E-state index in [1.54, 1.807) is 16.0 Å². The molecule has 0 radical (unpaired) electrons. The predicted molar refractivity (Wildman–Crippen MR) is 89.9 cm³/mol. The van der Waals surface area contributed by atoms with Gasteiger partial charge in [0.05, 0.1) is 11.4 Å². The summed E-state index contributed by atoms with van der Waals surface area (Å²) in [5, 5.41) is 4.57. The fraction of sp³-hybridized carbons (Fsp3) is 0.286. The third-order valence-corrected chi connectivity index (χ3v) is 4.50. The predicted octanol–water partition coefficient (Wildman–Crippen LogP) is 2.90. The van der Waals surface area contributed by atoms with Crippen LogP contribution in [-0.2, 0) is 11.3 Å². The number of thiazole rings is 1. The van der Waals surface area contributed by atoms with Crippen LogP contribution < -0.4 is 15.9 Å². The molecule has 1 aromatic heterocycles. The van der Waals surface area contributed by atoms with Crippen LogP contribution in [0.2, 0.25) is 0 Å². The zero-order chi connectivity index (χ0) is 15.6. The van der Waals surface area contributed by atoms with Crippen molar-refractivity contribution in [1.82, 2.24) is 4.57 Å². The van der Waals surface area contributed by atoms with Gasteiger partial charge in [-0.25, -0.2) is 0 Å². The first-order chi connectivity index (χ1) is 9.88. The van der Waals surface area contributed by atoms with Gasteiger partial charge >= 0.3 is 4.87 Å². The standard InChI is InChI=1S/C14H16BrN3O2S/c1-8-5-10(15)6-11(13(8)16)17-12(19)3-4-18-9(2)7-21-14(18)20/h5-7H,3-4,16H2,1-2H3,(H,17,19). The Kier molecular flexibility index (Phi) is 4.84. The monoisotopic (exact) mass is 369 g/mol. The topological polar surface area (TPSA) is 77.1 Å². The molecule has 5 nitrogen and oxygen atoms in total. The number of anilines is 2. The van der Waals surface area contributed by atoms with Crippen LogP contribution in [0.5, 0.6) is 0 Å². The molecule has 0 aliphatic rings. The van der Waals surface area contributed by atoms with Crippen LogP contribution in [0, 0.1) is 13.8 Å². The summed E-state index contributed by atoms with van der Waals surface area (Å²) in [5.74, 6) is -0.170. The molecule has 0 saturated heterocycles. The number of nitrogen functional groups attached to an aromatic ring is 1. The van der Waals surface area contributed by atoms with Gasteiger partial charge in [0.25, 0.3) is 0 Å². The van der Waals surface area contributed by atoms with Crippen LogP contribution in [0.15, 0.2) is 26.8 Å². The molecule has 1 heterocycles. The molecule has 0 bridgehead atoms. The van der Waals surface area contributed by atoms with Crippen molar-refractivity contribution in [1.29, 1.82) is 0 Å². The number of hydrogen-bond acceptors (Lipinski definition) is 4. The highest BCUT2D eigenvalue weighted by molar-refractivity contribution is 9.10. The van der Waals surface area contributed by atoms with Gasteiger partial charge in [0.15, 0.2) is 0 Å². The molecule has 0 fully saturated rings. The van der Waals surface area contributed by atoms with Crippen molar-refractivity contribution >= 4 is 44.5 Å². The Morgan fingerprint density at radius 2 is 2.14 bits per heavy atom. The third-order valence-electron chi connectivity index (χ3n) is 3.16. The summed E-state index contributed by atoms with van der Waals surface area (Å²) in [6.07, 6.45) is 0.225. The molecule has 2 rings (SSSR count). The van der Waals surface area contributed by atoms with Gasteiger partial charge in [-0.3, -0.25) is 9.59 Å². The Morgan fingerprint density at radius 1 is 1.43 bits per heavy atom. The lowest BCUT2D eigenvalue weighted by atomic mass is 10.1. The number of nitrogens with zero attached hydrogens (tertiary/aromatic N) is 1. The number of hydrogen-bond donors (Lipinski definition) is 2. The highest BCUT2D eigenvalue weighted by Gasteiger charge is 2.10. The molecule has 7 heteroatoms. The van der Waals surface area contributed by atoms with E-state index in [2.05, 4.69) is 21.2 Å². The molecule has 0 saturated carbocycles. The van der Waals surface area contributed by atoms with E-state index in [4.69, 9.17) is 5.73 Å². The van der Waals surface area contributed by atoms with Gasteiger partial charge in [0.1, 0.15) is 0 Å². The van der Waals surface area contributed by atoms with Crippen molar-refractivity contribution in [2.75, 3.05) is 11.1 Å². The first kappa shape index (κ1) is 15.8. The van der Waals surface area contributed by atoms with Crippen molar-refractivity contribution in [2.45, 2.75) is 26.8 Å². The Bertz CT molecular complexity index is 736. The number of nitrogens with two attached hydrogens (primary N) is 1. The Hall–Kier alpha value is -1.60. The average molecular weight is 370 g/mol. The maximum atomic E-state index is 12.0. The molecule has 0 atom stereocenters. The number of carbonyl (C=O) groups excluding carboxylic acids is 1. The number of benzene rings is 1. The number of carbonyl (C=O) groups is 1. The molecule has 3 N–H and O–H groups in total. The Morgan fingerprint density at radius 3 is 2.76 bits per heavy atom. The third kappa shape index (κ3) is 3.74. The van der Waals surface area contributed by atoms with E-state index < -0.39 is 0 Å². The lowest BCUT2D eigenvalue weighted by molar-refractivity contribution is -0.116. The Balaban J connectivity index is 2.04. The average Bonchev–Trinajstić information content (AvgIpc) is 2.72. The highest BCUT2D eigenvalue weighted by Crippen LogP contribution is 2.27. The lowest BCUT2D eigenvalue weighted by Crippen LogP contribution is -2.20. The summed E-state index contributed by atoms with van der Waals surface area (Å²) in [7, 11) is 0. The molecular formula is C14H16BrN3O2S. The number of halogens is 1. The summed E-state index contributed by atoms with van der Waals surface area (Å²) < 4.78 is 2.45. The molecule has 21 heavy (non-hydrogen) atoms. The van der Waals surface area contributed by atoms with Crippen LogP contribution >= 0.6 is 27.3 Å². The number of aromatic nitrogens is 1. The number of amides is 1. The second-order valence-electron chi connectivity index (χ2n) is 4.78. The fourth-order valence-electron chi connectivity index (χ4n) is 1.96. The van der Waals surface area contributed by atoms with Crippen molar-refractivity contribution < 1.29 is 4.79 Å². The molecule has 0 aliphatic carbocycles. The molecule has 1 amide bonds. The van der Waals surface area contributed by atoms with Crippen molar-refractivity contribution in [2.24, 2.45) is 0 Å². The molecule has 0 spiro atoms. The van der Waals surface area contributed by atoms with Gasteiger partial charge in [-0.15, -0.1) is 0 Å². The number of rotatable bonds is 4. The Labute approximate surface area is 134 Å². The van der Waals surface area contributed by atoms with Crippen LogP contribution in [0.1, 0.15) is 17.7 Å². The van der Waals surface area contributed by atoms with Gasteiger partial charge in [0.2, 0.25) is 5.91 Å². The van der Waals surface area contributed by atoms with Crippen molar-refractivity contribution in [3.8, 4) is 0 Å². The summed E-state index contributed by atoms with van der Waals surface area (Å²) in [4.78, 5) is 23.5. The minimum atomic E-state index is -0.170. The molecular weight excluding hydrogens is 354 g/mol. The van der Waals surface area contributed by atoms with Gasteiger partial charge in [-0.05, 0) is 31.5 Å². The van der Waals surface area contributed by atoms with E-state index in [-0.39, 0.29) is 17.2 Å². The van der Waals surface area contributed by atoms with Crippen molar-refractivity contribution in [3.05, 3.63) is 42.9 Å². The molecule has 112 valence electrons. The van der Waals surface area contributed by atoms with Crippen LogP contribution in [-0.4, -0.2) is 10.5 Å². The minimum absolute atomic E-state index is 0.0434. The van der Waals surface area contributed by atoms with Crippen LogP contribution in [0.3, 0.4) is 0 Å². The SMILES string of the molecule is Cc1cc(Br)cc(NC(=O)CCn2c(C)csc2=O)c1N. The maximum absolute atomic E-state index is 12.0. The van der Waals surface area contributed by atoms with E-state index in [1.807, 2.05) is 19.9 Å². The summed E-state index contributed by atoms with van der Waals surface area (Å²) in [6.45, 7) is 4.10. The minimum Gasteiger partial charge on any atom is -0.397 e. The first-order valence-corrected chi connectivity index (χ1v) is 8.06. The van der Waals surface area contributed by atoms with Crippen molar-refractivity contribution in [3.63, 3.8) is 0 Å². The van der Waals surface area contributed by atoms with Gasteiger partial charge in [0, 0.05) is 28.5 Å². The summed E-state index contributed by atoms with van der Waals surface area (Å²) in [5.41, 5.74) is 8.85. The maximum Gasteiger partial charge on any atom is 0.307 e. The lowest BCUT2D eigenvalue weighted by Gasteiger charge is -2.11. The normalized spacial score (nSPS) is 10.6. The quantitative estimate of drug-likeness (QED) is 0.813. The zero-order valence-corrected chi connectivity index (χ0v) is 14.2. The second kappa shape index (κ2) is 6.44. The van der Waals surface area contributed by atoms with E-state index in [1.165, 1.54) is 0 Å². The largest absolute Gasteiger partial charge is 0.397 e. The van der Waals surface area contributed by atoms with E-state index in [9.17, 15) is 9.59 Å². The molecule has 0 unspecified atom stereocenters. The van der Waals surface area contributed by atoms with Gasteiger partial charge < -0.3 is 15.6 Å². The second-order valence-corrected chi connectivity index (χ2v) is 6.51. The smallest absolute Gasteiger partial charge is 0.307 e. The van der Waals surface area contributed by atoms with Gasteiger partial charge in [-0.1, -0.05) is 27.3 Å².